The maximum atomic E-state index is 11.0. The molecule has 0 aliphatic rings. The van der Waals surface area contributed by atoms with E-state index in [0.29, 0.717) is 11.4 Å². The number of hydrogen-bond donors (Lipinski definition) is 3. The number of carbonyl (C=O) groups excluding carboxylic acids is 1. The number of rotatable bonds is 8. The van der Waals surface area contributed by atoms with Gasteiger partial charge in [-0.25, -0.2) is 9.36 Å². The first-order valence-electron chi connectivity index (χ1n) is 12.7. The van der Waals surface area contributed by atoms with Crippen LogP contribution in [0.3, 0.4) is 0 Å². The number of hydrogen-bond acceptors (Lipinski definition) is 6. The van der Waals surface area contributed by atoms with Crippen molar-refractivity contribution in [2.75, 3.05) is 10.6 Å². The Bertz CT molecular complexity index is 1630. The minimum absolute atomic E-state index is 0.0801. The smallest absolute Gasteiger partial charge is 0.170 e. The Morgan fingerprint density at radius 1 is 0.600 bits per heavy atom. The highest BCUT2D eigenvalue weighted by molar-refractivity contribution is 5.75. The minimum Gasteiger partial charge on any atom is -0.390 e. The van der Waals surface area contributed by atoms with Gasteiger partial charge in [0.15, 0.2) is 6.29 Å². The predicted octanol–water partition coefficient (Wildman–Crippen LogP) is 6.54. The van der Waals surface area contributed by atoms with Gasteiger partial charge in [-0.15, -0.1) is 0 Å². The van der Waals surface area contributed by atoms with Gasteiger partial charge >= 0.3 is 0 Å². The molecule has 0 saturated heterocycles. The Morgan fingerprint density at radius 3 is 1.48 bits per heavy atom. The molecule has 0 saturated carbocycles. The zero-order valence-electron chi connectivity index (χ0n) is 21.6. The summed E-state index contributed by atoms with van der Waals surface area (Å²) in [4.78, 5) is 11.0. The molecule has 0 atom stereocenters. The molecule has 0 fully saturated rings. The number of aliphatic hydroxyl groups excluding tert-OH is 1. The maximum absolute atomic E-state index is 11.0. The molecule has 6 rings (SSSR count). The molecular weight excluding hydrogens is 500 g/mol. The molecule has 2 aromatic heterocycles. The van der Waals surface area contributed by atoms with E-state index in [4.69, 9.17) is 0 Å². The number of nitrogens with one attached hydrogen (secondary N) is 2. The third-order valence-electron chi connectivity index (χ3n) is 5.86. The fourth-order valence-electron chi connectivity index (χ4n) is 4.01. The third-order valence-corrected chi connectivity index (χ3v) is 5.86. The van der Waals surface area contributed by atoms with Crippen LogP contribution in [0.5, 0.6) is 0 Å². The van der Waals surface area contributed by atoms with E-state index in [1.165, 1.54) is 0 Å². The van der Waals surface area contributed by atoms with Crippen LogP contribution < -0.4 is 10.6 Å². The van der Waals surface area contributed by atoms with Crippen molar-refractivity contribution < 1.29 is 9.90 Å². The van der Waals surface area contributed by atoms with Gasteiger partial charge in [-0.3, -0.25) is 4.79 Å². The molecule has 0 aliphatic heterocycles. The van der Waals surface area contributed by atoms with Crippen LogP contribution in [-0.4, -0.2) is 31.0 Å². The minimum atomic E-state index is -0.0801. The van der Waals surface area contributed by atoms with E-state index in [2.05, 4.69) is 20.8 Å². The first-order valence-corrected chi connectivity index (χ1v) is 12.7. The molecule has 0 spiro atoms. The van der Waals surface area contributed by atoms with Crippen LogP contribution in [0, 0.1) is 0 Å². The lowest BCUT2D eigenvalue weighted by Gasteiger charge is -2.09. The fraction of sp³-hybridized carbons (Fsp3) is 0.0312. The van der Waals surface area contributed by atoms with Gasteiger partial charge in [0.1, 0.15) is 17.3 Å². The van der Waals surface area contributed by atoms with Crippen LogP contribution in [0.1, 0.15) is 16.2 Å². The molecule has 6 aromatic rings. The molecule has 0 amide bonds. The Labute approximate surface area is 232 Å². The normalized spacial score (nSPS) is 10.3. The molecular formula is C32H28N6O2. The van der Waals surface area contributed by atoms with Crippen molar-refractivity contribution in [3.8, 4) is 11.4 Å². The van der Waals surface area contributed by atoms with Crippen molar-refractivity contribution in [1.82, 2.24) is 19.6 Å². The van der Waals surface area contributed by atoms with Gasteiger partial charge in [0.25, 0.3) is 0 Å². The highest BCUT2D eigenvalue weighted by atomic mass is 16.3. The average Bonchev–Trinajstić information content (AvgIpc) is 3.63. The molecule has 0 unspecified atom stereocenters. The number of anilines is 4. The van der Waals surface area contributed by atoms with E-state index in [1.54, 1.807) is 15.4 Å². The number of benzene rings is 4. The average molecular weight is 529 g/mol. The number of aldehydes is 1. The first kappa shape index (κ1) is 26.1. The molecule has 198 valence electrons. The summed E-state index contributed by atoms with van der Waals surface area (Å²) in [6.07, 6.45) is 0.746. The van der Waals surface area contributed by atoms with Crippen LogP contribution in [0.15, 0.2) is 133 Å². The van der Waals surface area contributed by atoms with E-state index in [9.17, 15) is 9.90 Å². The number of aromatic nitrogens is 4. The number of nitrogens with zero attached hydrogens (tertiary/aromatic N) is 4. The lowest BCUT2D eigenvalue weighted by atomic mass is 10.3. The molecule has 40 heavy (non-hydrogen) atoms. The molecule has 2 heterocycles. The van der Waals surface area contributed by atoms with Crippen molar-refractivity contribution in [1.29, 1.82) is 0 Å². The molecule has 8 heteroatoms. The monoisotopic (exact) mass is 528 g/mol. The Morgan fingerprint density at radius 2 is 1.02 bits per heavy atom. The van der Waals surface area contributed by atoms with Gasteiger partial charge in [-0.1, -0.05) is 72.8 Å². The van der Waals surface area contributed by atoms with Crippen LogP contribution in [0.2, 0.25) is 0 Å². The Hall–Kier alpha value is -5.47. The van der Waals surface area contributed by atoms with Gasteiger partial charge in [-0.05, 0) is 48.5 Å². The molecule has 0 aliphatic carbocycles. The number of carbonyl (C=O) groups is 1. The molecule has 8 nitrogen and oxygen atoms in total. The lowest BCUT2D eigenvalue weighted by Crippen LogP contribution is -2.02. The highest BCUT2D eigenvalue weighted by Crippen LogP contribution is 2.22. The van der Waals surface area contributed by atoms with Crippen LogP contribution in [0.25, 0.3) is 11.4 Å². The highest BCUT2D eigenvalue weighted by Gasteiger charge is 2.10. The van der Waals surface area contributed by atoms with Crippen molar-refractivity contribution in [3.63, 3.8) is 0 Å². The third kappa shape index (κ3) is 6.50. The summed E-state index contributed by atoms with van der Waals surface area (Å²) < 4.78 is 3.51. The summed E-state index contributed by atoms with van der Waals surface area (Å²) >= 11 is 0. The van der Waals surface area contributed by atoms with Crippen molar-refractivity contribution in [2.45, 2.75) is 6.61 Å². The quantitative estimate of drug-likeness (QED) is 0.194. The van der Waals surface area contributed by atoms with Crippen molar-refractivity contribution in [2.24, 2.45) is 0 Å². The zero-order valence-corrected chi connectivity index (χ0v) is 21.6. The second kappa shape index (κ2) is 12.9. The standard InChI is InChI=1S/C16H15N3O.C16H13N3O/c2*20-12-14-11-16(17-13-7-3-1-4-8-13)19(18-14)15-9-5-2-6-10-15/h1-11,17,20H,12H2;1-12,17H. The number of para-hydroxylation sites is 4. The van der Waals surface area contributed by atoms with Crippen LogP contribution in [0.4, 0.5) is 23.0 Å². The largest absolute Gasteiger partial charge is 0.390 e. The summed E-state index contributed by atoms with van der Waals surface area (Å²) in [5, 5.41) is 24.5. The predicted molar refractivity (Wildman–Crippen MR) is 158 cm³/mol. The second-order valence-corrected chi connectivity index (χ2v) is 8.73. The van der Waals surface area contributed by atoms with E-state index in [-0.39, 0.29) is 6.61 Å². The topological polar surface area (TPSA) is 97.0 Å². The Kier molecular flexibility index (Phi) is 8.41. The zero-order chi connectivity index (χ0) is 27.6. The van der Waals surface area contributed by atoms with Gasteiger partial charge in [0.2, 0.25) is 0 Å². The SMILES string of the molecule is O=Cc1cc(Nc2ccccc2)n(-c2ccccc2)n1.OCc1cc(Nc2ccccc2)n(-c2ccccc2)n1. The van der Waals surface area contributed by atoms with Crippen LogP contribution >= 0.6 is 0 Å². The molecule has 4 aromatic carbocycles. The molecule has 0 bridgehead atoms. The summed E-state index contributed by atoms with van der Waals surface area (Å²) in [5.41, 5.74) is 4.81. The summed E-state index contributed by atoms with van der Waals surface area (Å²) in [7, 11) is 0. The van der Waals surface area contributed by atoms with E-state index < -0.39 is 0 Å². The van der Waals surface area contributed by atoms with Crippen molar-refractivity contribution in [3.05, 3.63) is 145 Å². The van der Waals surface area contributed by atoms with E-state index in [1.807, 2.05) is 127 Å². The summed E-state index contributed by atoms with van der Waals surface area (Å²) in [6.45, 7) is -0.0801. The van der Waals surface area contributed by atoms with Gasteiger partial charge < -0.3 is 15.7 Å². The summed E-state index contributed by atoms with van der Waals surface area (Å²) in [6, 6.07) is 42.8. The van der Waals surface area contributed by atoms with Gasteiger partial charge in [0.05, 0.1) is 23.7 Å². The van der Waals surface area contributed by atoms with Gasteiger partial charge in [0, 0.05) is 23.5 Å². The first-order chi connectivity index (χ1) is 19.7. The molecule has 3 N–H and O–H groups in total. The maximum Gasteiger partial charge on any atom is 0.170 e. The van der Waals surface area contributed by atoms with E-state index in [0.717, 1.165) is 40.7 Å². The molecule has 0 radical (unpaired) electrons. The van der Waals surface area contributed by atoms with Crippen LogP contribution in [-0.2, 0) is 6.61 Å². The Balaban J connectivity index is 0.000000161. The second-order valence-electron chi connectivity index (χ2n) is 8.73. The fourth-order valence-corrected chi connectivity index (χ4v) is 4.01. The van der Waals surface area contributed by atoms with Crippen molar-refractivity contribution >= 4 is 29.3 Å². The van der Waals surface area contributed by atoms with E-state index >= 15 is 0 Å². The summed E-state index contributed by atoms with van der Waals surface area (Å²) in [5.74, 6) is 1.58. The number of aliphatic hydroxyl groups is 1. The lowest BCUT2D eigenvalue weighted by molar-refractivity contribution is 0.111. The van der Waals surface area contributed by atoms with Gasteiger partial charge in [-0.2, -0.15) is 10.2 Å².